The highest BCUT2D eigenvalue weighted by Gasteiger charge is 2.20. The summed E-state index contributed by atoms with van der Waals surface area (Å²) >= 11 is 2.31. The summed E-state index contributed by atoms with van der Waals surface area (Å²) in [5, 5.41) is 0. The van der Waals surface area contributed by atoms with Crippen molar-refractivity contribution in [2.45, 2.75) is 12.8 Å². The van der Waals surface area contributed by atoms with Crippen molar-refractivity contribution in [3.05, 3.63) is 40.1 Å². The van der Waals surface area contributed by atoms with Gasteiger partial charge in [-0.1, -0.05) is 12.1 Å². The number of rotatable bonds is 3. The normalized spacial score (nSPS) is 18.8. The van der Waals surface area contributed by atoms with Crippen molar-refractivity contribution in [2.75, 3.05) is 24.5 Å². The molecule has 1 aromatic carbocycles. The highest BCUT2D eigenvalue weighted by molar-refractivity contribution is 14.1. The molecule has 21 heavy (non-hydrogen) atoms. The first kappa shape index (κ1) is 14.7. The molecular formula is C16H19IN4. The molecule has 0 saturated carbocycles. The predicted molar refractivity (Wildman–Crippen MR) is 94.2 cm³/mol. The van der Waals surface area contributed by atoms with E-state index in [1.807, 2.05) is 12.3 Å². The van der Waals surface area contributed by atoms with Gasteiger partial charge in [-0.25, -0.2) is 9.97 Å². The maximum atomic E-state index is 5.81. The van der Waals surface area contributed by atoms with Crippen LogP contribution in [0.2, 0.25) is 0 Å². The molecule has 1 unspecified atom stereocenters. The van der Waals surface area contributed by atoms with Crippen molar-refractivity contribution in [3.8, 4) is 11.3 Å². The summed E-state index contributed by atoms with van der Waals surface area (Å²) < 4.78 is 1.23. The van der Waals surface area contributed by atoms with Crippen LogP contribution in [0.3, 0.4) is 0 Å². The maximum Gasteiger partial charge on any atom is 0.225 e. The lowest BCUT2D eigenvalue weighted by molar-refractivity contribution is 0.419. The molecule has 2 N–H and O–H groups in total. The number of anilines is 1. The second-order valence-corrected chi connectivity index (χ2v) is 6.68. The third-order valence-electron chi connectivity index (χ3n) is 3.92. The molecule has 2 heterocycles. The van der Waals surface area contributed by atoms with Gasteiger partial charge in [-0.15, -0.1) is 0 Å². The standard InChI is InChI=1S/C16H19IN4/c17-14-5-3-13(4-6-14)15-7-8-19-16(20-15)21-9-1-2-12(10-18)11-21/h3-8,12H,1-2,9-11,18H2. The van der Waals surface area contributed by atoms with Gasteiger partial charge in [0.1, 0.15) is 0 Å². The highest BCUT2D eigenvalue weighted by atomic mass is 127. The molecule has 2 aromatic rings. The summed E-state index contributed by atoms with van der Waals surface area (Å²) in [6.45, 7) is 2.73. The van der Waals surface area contributed by atoms with E-state index < -0.39 is 0 Å². The largest absolute Gasteiger partial charge is 0.340 e. The topological polar surface area (TPSA) is 55.0 Å². The number of hydrogen-bond donors (Lipinski definition) is 1. The van der Waals surface area contributed by atoms with Crippen molar-refractivity contribution in [3.63, 3.8) is 0 Å². The van der Waals surface area contributed by atoms with Crippen LogP contribution in [0.5, 0.6) is 0 Å². The molecule has 1 aliphatic heterocycles. The zero-order valence-corrected chi connectivity index (χ0v) is 14.0. The van der Waals surface area contributed by atoms with E-state index in [9.17, 15) is 0 Å². The van der Waals surface area contributed by atoms with Crippen LogP contribution in [0, 0.1) is 9.49 Å². The van der Waals surface area contributed by atoms with E-state index in [-0.39, 0.29) is 0 Å². The van der Waals surface area contributed by atoms with Crippen molar-refractivity contribution >= 4 is 28.5 Å². The van der Waals surface area contributed by atoms with Crippen LogP contribution in [0.25, 0.3) is 11.3 Å². The van der Waals surface area contributed by atoms with Crippen LogP contribution in [0.15, 0.2) is 36.5 Å². The number of nitrogens with two attached hydrogens (primary N) is 1. The van der Waals surface area contributed by atoms with Gasteiger partial charge >= 0.3 is 0 Å². The Hall–Kier alpha value is -1.21. The first-order valence-corrected chi connectivity index (χ1v) is 8.38. The van der Waals surface area contributed by atoms with Crippen LogP contribution in [-0.4, -0.2) is 29.6 Å². The van der Waals surface area contributed by atoms with Gasteiger partial charge in [0.25, 0.3) is 0 Å². The van der Waals surface area contributed by atoms with E-state index in [1.165, 1.54) is 16.4 Å². The summed E-state index contributed by atoms with van der Waals surface area (Å²) in [6, 6.07) is 10.4. The minimum atomic E-state index is 0.560. The minimum absolute atomic E-state index is 0.560. The molecule has 0 spiro atoms. The lowest BCUT2D eigenvalue weighted by Crippen LogP contribution is -2.39. The van der Waals surface area contributed by atoms with Gasteiger partial charge in [-0.05, 0) is 66.1 Å². The van der Waals surface area contributed by atoms with Gasteiger partial charge in [0.2, 0.25) is 5.95 Å². The van der Waals surface area contributed by atoms with E-state index in [0.717, 1.165) is 36.8 Å². The first-order chi connectivity index (χ1) is 10.3. The molecule has 1 saturated heterocycles. The van der Waals surface area contributed by atoms with E-state index in [0.29, 0.717) is 5.92 Å². The SMILES string of the molecule is NCC1CCCN(c2nccc(-c3ccc(I)cc3)n2)C1. The monoisotopic (exact) mass is 394 g/mol. The summed E-state index contributed by atoms with van der Waals surface area (Å²) in [4.78, 5) is 11.4. The lowest BCUT2D eigenvalue weighted by atomic mass is 9.99. The molecule has 3 rings (SSSR count). The van der Waals surface area contributed by atoms with Crippen LogP contribution in [-0.2, 0) is 0 Å². The summed E-state index contributed by atoms with van der Waals surface area (Å²) in [5.41, 5.74) is 7.92. The third kappa shape index (κ3) is 3.52. The Bertz CT molecular complexity index is 599. The Morgan fingerprint density at radius 3 is 2.81 bits per heavy atom. The second-order valence-electron chi connectivity index (χ2n) is 5.44. The van der Waals surface area contributed by atoms with Crippen LogP contribution in [0.1, 0.15) is 12.8 Å². The Morgan fingerprint density at radius 2 is 2.05 bits per heavy atom. The van der Waals surface area contributed by atoms with E-state index >= 15 is 0 Å². The van der Waals surface area contributed by atoms with Gasteiger partial charge < -0.3 is 10.6 Å². The fourth-order valence-corrected chi connectivity index (χ4v) is 3.08. The van der Waals surface area contributed by atoms with E-state index in [1.54, 1.807) is 0 Å². The van der Waals surface area contributed by atoms with Gasteiger partial charge in [0, 0.05) is 28.4 Å². The van der Waals surface area contributed by atoms with Gasteiger partial charge in [0.15, 0.2) is 0 Å². The highest BCUT2D eigenvalue weighted by Crippen LogP contribution is 2.23. The van der Waals surface area contributed by atoms with Gasteiger partial charge in [-0.2, -0.15) is 0 Å². The fourth-order valence-electron chi connectivity index (χ4n) is 2.72. The Morgan fingerprint density at radius 1 is 1.24 bits per heavy atom. The zero-order valence-electron chi connectivity index (χ0n) is 11.9. The molecule has 0 radical (unpaired) electrons. The molecule has 0 bridgehead atoms. The Balaban J connectivity index is 1.84. The number of piperidine rings is 1. The van der Waals surface area contributed by atoms with Crippen LogP contribution < -0.4 is 10.6 Å². The van der Waals surface area contributed by atoms with Crippen LogP contribution in [0.4, 0.5) is 5.95 Å². The molecule has 0 aliphatic carbocycles. The quantitative estimate of drug-likeness (QED) is 0.814. The lowest BCUT2D eigenvalue weighted by Gasteiger charge is -2.32. The number of nitrogens with zero attached hydrogens (tertiary/aromatic N) is 3. The molecule has 1 aliphatic rings. The number of hydrogen-bond acceptors (Lipinski definition) is 4. The van der Waals surface area contributed by atoms with Crippen molar-refractivity contribution in [2.24, 2.45) is 11.7 Å². The molecule has 1 aromatic heterocycles. The average molecular weight is 394 g/mol. The second kappa shape index (κ2) is 6.70. The van der Waals surface area contributed by atoms with Crippen molar-refractivity contribution in [1.82, 2.24) is 9.97 Å². The first-order valence-electron chi connectivity index (χ1n) is 7.30. The van der Waals surface area contributed by atoms with E-state index in [4.69, 9.17) is 10.7 Å². The van der Waals surface area contributed by atoms with Crippen molar-refractivity contribution < 1.29 is 0 Å². The molecular weight excluding hydrogens is 375 g/mol. The van der Waals surface area contributed by atoms with E-state index in [2.05, 4.69) is 56.7 Å². The van der Waals surface area contributed by atoms with Gasteiger partial charge in [-0.3, -0.25) is 0 Å². The smallest absolute Gasteiger partial charge is 0.225 e. The number of aromatic nitrogens is 2. The molecule has 4 nitrogen and oxygen atoms in total. The van der Waals surface area contributed by atoms with Crippen molar-refractivity contribution in [1.29, 1.82) is 0 Å². The Labute approximate surface area is 138 Å². The maximum absolute atomic E-state index is 5.81. The molecule has 1 atom stereocenters. The Kier molecular flexibility index (Phi) is 4.70. The number of halogens is 1. The molecule has 0 amide bonds. The molecule has 110 valence electrons. The fraction of sp³-hybridized carbons (Fsp3) is 0.375. The number of benzene rings is 1. The summed E-state index contributed by atoms with van der Waals surface area (Å²) in [7, 11) is 0. The predicted octanol–water partition coefficient (Wildman–Crippen LogP) is 2.92. The minimum Gasteiger partial charge on any atom is -0.340 e. The zero-order chi connectivity index (χ0) is 14.7. The summed E-state index contributed by atoms with van der Waals surface area (Å²) in [5.74, 6) is 1.38. The van der Waals surface area contributed by atoms with Gasteiger partial charge in [0.05, 0.1) is 5.69 Å². The molecule has 5 heteroatoms. The third-order valence-corrected chi connectivity index (χ3v) is 4.64. The summed E-state index contributed by atoms with van der Waals surface area (Å²) in [6.07, 6.45) is 4.23. The van der Waals surface area contributed by atoms with Crippen LogP contribution >= 0.6 is 22.6 Å². The molecule has 1 fully saturated rings. The average Bonchev–Trinajstić information content (AvgIpc) is 2.56.